The van der Waals surface area contributed by atoms with Gasteiger partial charge >= 0.3 is 0 Å². The van der Waals surface area contributed by atoms with Gasteiger partial charge in [-0.05, 0) is 43.2 Å². The molecule has 3 heterocycles. The van der Waals surface area contributed by atoms with E-state index >= 15 is 0 Å². The van der Waals surface area contributed by atoms with Crippen molar-refractivity contribution in [1.29, 1.82) is 0 Å². The summed E-state index contributed by atoms with van der Waals surface area (Å²) in [5.41, 5.74) is 0.968. The second-order valence-electron chi connectivity index (χ2n) is 6.92. The van der Waals surface area contributed by atoms with Crippen LogP contribution in [0.4, 0.5) is 0 Å². The van der Waals surface area contributed by atoms with Crippen LogP contribution >= 0.6 is 24.8 Å². The smallest absolute Gasteiger partial charge is 0.222 e. The molecule has 0 radical (unpaired) electrons. The van der Waals surface area contributed by atoms with Crippen LogP contribution in [0.1, 0.15) is 44.1 Å². The molecule has 1 aromatic heterocycles. The SMILES string of the molecule is Cl.Cl.O=C(CCNC(=O)CC1CC2CCC(C1)N2)NCc1cccnc1. The van der Waals surface area contributed by atoms with Crippen molar-refractivity contribution in [3.8, 4) is 0 Å². The lowest BCUT2D eigenvalue weighted by Gasteiger charge is -2.28. The zero-order valence-electron chi connectivity index (χ0n) is 14.8. The van der Waals surface area contributed by atoms with E-state index in [1.165, 1.54) is 12.8 Å². The highest BCUT2D eigenvalue weighted by Crippen LogP contribution is 2.32. The molecule has 0 aliphatic carbocycles. The van der Waals surface area contributed by atoms with E-state index in [0.29, 0.717) is 43.9 Å². The molecule has 2 fully saturated rings. The number of hydrogen-bond acceptors (Lipinski definition) is 4. The molecular weight excluding hydrogens is 375 g/mol. The predicted molar refractivity (Wildman–Crippen MR) is 105 cm³/mol. The summed E-state index contributed by atoms with van der Waals surface area (Å²) < 4.78 is 0. The molecule has 2 amide bonds. The van der Waals surface area contributed by atoms with E-state index in [4.69, 9.17) is 0 Å². The minimum atomic E-state index is -0.0564. The zero-order chi connectivity index (χ0) is 16.8. The second kappa shape index (κ2) is 11.4. The molecule has 146 valence electrons. The highest BCUT2D eigenvalue weighted by molar-refractivity contribution is 5.85. The van der Waals surface area contributed by atoms with Gasteiger partial charge < -0.3 is 16.0 Å². The lowest BCUT2D eigenvalue weighted by Crippen LogP contribution is -2.40. The molecule has 26 heavy (non-hydrogen) atoms. The molecule has 2 aliphatic heterocycles. The third-order valence-corrected chi connectivity index (χ3v) is 4.93. The Balaban J connectivity index is 0.00000169. The van der Waals surface area contributed by atoms with Crippen molar-refractivity contribution in [2.75, 3.05) is 6.54 Å². The molecule has 8 heteroatoms. The number of halogens is 2. The summed E-state index contributed by atoms with van der Waals surface area (Å²) in [5.74, 6) is 0.503. The summed E-state index contributed by atoms with van der Waals surface area (Å²) in [6.07, 6.45) is 9.04. The summed E-state index contributed by atoms with van der Waals surface area (Å²) in [6, 6.07) is 4.98. The monoisotopic (exact) mass is 402 g/mol. The van der Waals surface area contributed by atoms with Crippen LogP contribution in [0, 0.1) is 5.92 Å². The molecule has 0 saturated carbocycles. The van der Waals surface area contributed by atoms with E-state index < -0.39 is 0 Å². The maximum Gasteiger partial charge on any atom is 0.222 e. The first kappa shape index (κ1) is 22.7. The van der Waals surface area contributed by atoms with Crippen molar-refractivity contribution in [3.63, 3.8) is 0 Å². The predicted octanol–water partition coefficient (Wildman–Crippen LogP) is 1.97. The summed E-state index contributed by atoms with van der Waals surface area (Å²) in [5, 5.41) is 9.30. The number of pyridine rings is 1. The number of carbonyl (C=O) groups excluding carboxylic acids is 2. The van der Waals surface area contributed by atoms with E-state index in [1.54, 1.807) is 12.4 Å². The minimum Gasteiger partial charge on any atom is -0.356 e. The third kappa shape index (κ3) is 7.09. The first-order valence-corrected chi connectivity index (χ1v) is 8.87. The molecule has 2 atom stereocenters. The molecule has 6 nitrogen and oxygen atoms in total. The van der Waals surface area contributed by atoms with Gasteiger partial charge in [0.15, 0.2) is 0 Å². The molecule has 0 aromatic carbocycles. The van der Waals surface area contributed by atoms with Crippen LogP contribution in [0.5, 0.6) is 0 Å². The van der Waals surface area contributed by atoms with Gasteiger partial charge in [0, 0.05) is 50.4 Å². The molecule has 2 saturated heterocycles. The maximum absolute atomic E-state index is 12.0. The molecule has 2 aliphatic rings. The molecule has 1 aromatic rings. The number of fused-ring (bicyclic) bond motifs is 2. The van der Waals surface area contributed by atoms with Gasteiger partial charge in [0.1, 0.15) is 0 Å². The van der Waals surface area contributed by atoms with Crippen LogP contribution in [0.15, 0.2) is 24.5 Å². The van der Waals surface area contributed by atoms with Gasteiger partial charge in [-0.25, -0.2) is 0 Å². The zero-order valence-corrected chi connectivity index (χ0v) is 16.4. The quantitative estimate of drug-likeness (QED) is 0.650. The average Bonchev–Trinajstić information content (AvgIpc) is 2.92. The Morgan fingerprint density at radius 2 is 1.85 bits per heavy atom. The maximum atomic E-state index is 12.0. The topological polar surface area (TPSA) is 83.1 Å². The van der Waals surface area contributed by atoms with Crippen molar-refractivity contribution in [1.82, 2.24) is 20.9 Å². The van der Waals surface area contributed by atoms with Crippen LogP contribution in [-0.2, 0) is 16.1 Å². The Bertz CT molecular complexity index is 562. The van der Waals surface area contributed by atoms with Crippen LogP contribution in [0.2, 0.25) is 0 Å². The second-order valence-corrected chi connectivity index (χ2v) is 6.92. The number of hydrogen-bond donors (Lipinski definition) is 3. The van der Waals surface area contributed by atoms with E-state index in [0.717, 1.165) is 18.4 Å². The van der Waals surface area contributed by atoms with Gasteiger partial charge in [-0.15, -0.1) is 24.8 Å². The van der Waals surface area contributed by atoms with Gasteiger partial charge in [-0.1, -0.05) is 6.07 Å². The first-order valence-electron chi connectivity index (χ1n) is 8.87. The fourth-order valence-electron chi connectivity index (χ4n) is 3.78. The number of rotatable bonds is 7. The number of piperidine rings is 1. The standard InChI is InChI=1S/C18H26N4O2.2ClH/c23-17(21-12-13-2-1-6-19-11-13)5-7-20-18(24)10-14-8-15-3-4-16(9-14)22-15;;/h1-2,6,11,14-16,22H,3-5,7-10,12H2,(H,20,24)(H,21,23);2*1H. The largest absolute Gasteiger partial charge is 0.356 e. The minimum absolute atomic E-state index is 0. The summed E-state index contributed by atoms with van der Waals surface area (Å²) >= 11 is 0. The van der Waals surface area contributed by atoms with Crippen molar-refractivity contribution < 1.29 is 9.59 Å². The third-order valence-electron chi connectivity index (χ3n) is 4.93. The fraction of sp³-hybridized carbons (Fsp3) is 0.611. The van der Waals surface area contributed by atoms with E-state index in [1.807, 2.05) is 12.1 Å². The van der Waals surface area contributed by atoms with Crippen LogP contribution in [0.25, 0.3) is 0 Å². The number of nitrogens with one attached hydrogen (secondary N) is 3. The lowest BCUT2D eigenvalue weighted by atomic mass is 9.89. The first-order chi connectivity index (χ1) is 11.7. The Kier molecular flexibility index (Phi) is 9.91. The summed E-state index contributed by atoms with van der Waals surface area (Å²) in [6.45, 7) is 0.869. The Labute approximate surface area is 167 Å². The van der Waals surface area contributed by atoms with E-state index in [-0.39, 0.29) is 36.6 Å². The Morgan fingerprint density at radius 1 is 1.12 bits per heavy atom. The van der Waals surface area contributed by atoms with Crippen molar-refractivity contribution in [2.24, 2.45) is 5.92 Å². The molecule has 3 rings (SSSR count). The molecule has 0 spiro atoms. The van der Waals surface area contributed by atoms with Crippen LogP contribution in [-0.4, -0.2) is 35.4 Å². The number of amides is 2. The summed E-state index contributed by atoms with van der Waals surface area (Å²) in [7, 11) is 0. The number of nitrogens with zero attached hydrogens (tertiary/aromatic N) is 1. The highest BCUT2D eigenvalue weighted by Gasteiger charge is 2.34. The van der Waals surface area contributed by atoms with Gasteiger partial charge in [-0.3, -0.25) is 14.6 Å². The molecule has 2 unspecified atom stereocenters. The Hall–Kier alpha value is -1.37. The van der Waals surface area contributed by atoms with E-state index in [2.05, 4.69) is 20.9 Å². The molecule has 3 N–H and O–H groups in total. The fourth-order valence-corrected chi connectivity index (χ4v) is 3.78. The van der Waals surface area contributed by atoms with Gasteiger partial charge in [0.05, 0.1) is 0 Å². The van der Waals surface area contributed by atoms with Crippen LogP contribution in [0.3, 0.4) is 0 Å². The Morgan fingerprint density at radius 3 is 2.50 bits per heavy atom. The number of carbonyl (C=O) groups is 2. The number of aromatic nitrogens is 1. The van der Waals surface area contributed by atoms with Gasteiger partial charge in [-0.2, -0.15) is 0 Å². The van der Waals surface area contributed by atoms with Crippen LogP contribution < -0.4 is 16.0 Å². The van der Waals surface area contributed by atoms with Gasteiger partial charge in [0.25, 0.3) is 0 Å². The summed E-state index contributed by atoms with van der Waals surface area (Å²) in [4.78, 5) is 27.8. The molecule has 2 bridgehead atoms. The molecular formula is C18H28Cl2N4O2. The van der Waals surface area contributed by atoms with Crippen molar-refractivity contribution in [2.45, 2.75) is 57.2 Å². The van der Waals surface area contributed by atoms with E-state index in [9.17, 15) is 9.59 Å². The van der Waals surface area contributed by atoms with Crippen molar-refractivity contribution in [3.05, 3.63) is 30.1 Å². The van der Waals surface area contributed by atoms with Crippen molar-refractivity contribution >= 4 is 36.6 Å². The highest BCUT2D eigenvalue weighted by atomic mass is 35.5. The van der Waals surface area contributed by atoms with Gasteiger partial charge in [0.2, 0.25) is 11.8 Å². The average molecular weight is 403 g/mol. The lowest BCUT2D eigenvalue weighted by molar-refractivity contribution is -0.123. The normalized spacial score (nSPS) is 23.3.